The Morgan fingerprint density at radius 3 is 2.09 bits per heavy atom. The monoisotopic (exact) mass is 328 g/mol. The van der Waals surface area contributed by atoms with Crippen molar-refractivity contribution in [3.8, 4) is 5.75 Å². The van der Waals surface area contributed by atoms with Crippen LogP contribution in [0.4, 0.5) is 13.2 Å². The summed E-state index contributed by atoms with van der Waals surface area (Å²) in [6.45, 7) is 5.98. The average molecular weight is 328 g/mol. The van der Waals surface area contributed by atoms with Crippen LogP contribution in [0.3, 0.4) is 0 Å². The summed E-state index contributed by atoms with van der Waals surface area (Å²) in [7, 11) is 0. The van der Waals surface area contributed by atoms with Crippen LogP contribution >= 0.6 is 11.8 Å². The molecule has 0 aliphatic carbocycles. The SMILES string of the molecule is CCSc1ccc(C)cc1.Cc1cccc(OC(F)(F)F)c1. The molecule has 2 aromatic rings. The predicted molar refractivity (Wildman–Crippen MR) is 85.4 cm³/mol. The van der Waals surface area contributed by atoms with E-state index in [9.17, 15) is 13.2 Å². The molecule has 0 saturated heterocycles. The molecule has 22 heavy (non-hydrogen) atoms. The second-order valence-corrected chi connectivity index (χ2v) is 5.95. The van der Waals surface area contributed by atoms with E-state index in [1.54, 1.807) is 13.0 Å². The van der Waals surface area contributed by atoms with Crippen LogP contribution in [0.25, 0.3) is 0 Å². The van der Waals surface area contributed by atoms with Crippen LogP contribution in [0.2, 0.25) is 0 Å². The summed E-state index contributed by atoms with van der Waals surface area (Å²) in [5.41, 5.74) is 2.07. The maximum atomic E-state index is 11.7. The first-order valence-electron chi connectivity index (χ1n) is 6.82. The Morgan fingerprint density at radius 2 is 1.59 bits per heavy atom. The lowest BCUT2D eigenvalue weighted by Crippen LogP contribution is -2.17. The van der Waals surface area contributed by atoms with E-state index in [-0.39, 0.29) is 5.75 Å². The van der Waals surface area contributed by atoms with Crippen molar-refractivity contribution < 1.29 is 17.9 Å². The largest absolute Gasteiger partial charge is 0.573 e. The maximum Gasteiger partial charge on any atom is 0.573 e. The van der Waals surface area contributed by atoms with Gasteiger partial charge in [0.05, 0.1) is 0 Å². The van der Waals surface area contributed by atoms with E-state index in [0.29, 0.717) is 0 Å². The number of aryl methyl sites for hydroxylation is 2. The topological polar surface area (TPSA) is 9.23 Å². The van der Waals surface area contributed by atoms with E-state index in [1.165, 1.54) is 28.7 Å². The molecule has 0 spiro atoms. The lowest BCUT2D eigenvalue weighted by Gasteiger charge is -2.08. The highest BCUT2D eigenvalue weighted by Gasteiger charge is 2.30. The Hall–Kier alpha value is -1.62. The number of hydrogen-bond acceptors (Lipinski definition) is 2. The fourth-order valence-corrected chi connectivity index (χ4v) is 2.28. The maximum absolute atomic E-state index is 11.7. The van der Waals surface area contributed by atoms with Gasteiger partial charge >= 0.3 is 6.36 Å². The predicted octanol–water partition coefficient (Wildman–Crippen LogP) is 6.00. The van der Waals surface area contributed by atoms with Crippen LogP contribution in [0.15, 0.2) is 53.4 Å². The summed E-state index contributed by atoms with van der Waals surface area (Å²) in [4.78, 5) is 1.37. The Bertz CT molecular complexity index is 565. The first kappa shape index (κ1) is 18.4. The van der Waals surface area contributed by atoms with Gasteiger partial charge in [-0.2, -0.15) is 0 Å². The normalized spacial score (nSPS) is 10.6. The number of thioether (sulfide) groups is 1. The van der Waals surface area contributed by atoms with Crippen LogP contribution in [0.5, 0.6) is 5.75 Å². The van der Waals surface area contributed by atoms with Crippen LogP contribution in [0, 0.1) is 13.8 Å². The van der Waals surface area contributed by atoms with Gasteiger partial charge < -0.3 is 4.74 Å². The summed E-state index contributed by atoms with van der Waals surface area (Å²) < 4.78 is 38.6. The fourth-order valence-electron chi connectivity index (χ4n) is 1.61. The quantitative estimate of drug-likeness (QED) is 0.639. The van der Waals surface area contributed by atoms with Gasteiger partial charge in [0.1, 0.15) is 5.75 Å². The first-order chi connectivity index (χ1) is 10.3. The molecule has 0 unspecified atom stereocenters. The molecule has 5 heteroatoms. The smallest absolute Gasteiger partial charge is 0.406 e. The molecule has 1 nitrogen and oxygen atoms in total. The number of hydrogen-bond donors (Lipinski definition) is 0. The lowest BCUT2D eigenvalue weighted by molar-refractivity contribution is -0.274. The van der Waals surface area contributed by atoms with Gasteiger partial charge in [-0.25, -0.2) is 0 Å². The molecule has 0 amide bonds. The molecule has 2 rings (SSSR count). The van der Waals surface area contributed by atoms with Crippen molar-refractivity contribution in [3.05, 3.63) is 59.7 Å². The van der Waals surface area contributed by atoms with E-state index in [0.717, 1.165) is 11.3 Å². The zero-order valence-electron chi connectivity index (χ0n) is 12.8. The molecular weight excluding hydrogens is 309 g/mol. The Labute approximate surface area is 133 Å². The average Bonchev–Trinajstić information content (AvgIpc) is 2.40. The first-order valence-corrected chi connectivity index (χ1v) is 7.80. The molecule has 0 bridgehead atoms. The van der Waals surface area contributed by atoms with E-state index in [2.05, 4.69) is 42.8 Å². The van der Waals surface area contributed by atoms with Gasteiger partial charge in [0.2, 0.25) is 0 Å². The molecule has 0 heterocycles. The Kier molecular flexibility index (Phi) is 7.32. The minimum Gasteiger partial charge on any atom is -0.406 e. The third kappa shape index (κ3) is 7.98. The summed E-state index contributed by atoms with van der Waals surface area (Å²) in [5, 5.41) is 0. The van der Waals surface area contributed by atoms with Gasteiger partial charge in [-0.1, -0.05) is 36.8 Å². The number of ether oxygens (including phenoxy) is 1. The number of halogens is 3. The van der Waals surface area contributed by atoms with Crippen LogP contribution in [-0.2, 0) is 0 Å². The Morgan fingerprint density at radius 1 is 0.955 bits per heavy atom. The van der Waals surface area contributed by atoms with Crippen molar-refractivity contribution in [3.63, 3.8) is 0 Å². The van der Waals surface area contributed by atoms with Crippen LogP contribution in [-0.4, -0.2) is 12.1 Å². The van der Waals surface area contributed by atoms with Gasteiger partial charge in [0.25, 0.3) is 0 Å². The molecular formula is C17H19F3OS. The molecule has 0 saturated carbocycles. The van der Waals surface area contributed by atoms with Gasteiger partial charge in [0, 0.05) is 4.90 Å². The van der Waals surface area contributed by atoms with Crippen LogP contribution < -0.4 is 4.74 Å². The van der Waals surface area contributed by atoms with Crippen molar-refractivity contribution >= 4 is 11.8 Å². The molecule has 0 aliphatic heterocycles. The summed E-state index contributed by atoms with van der Waals surface area (Å²) in [5.74, 6) is 0.978. The van der Waals surface area contributed by atoms with E-state index in [4.69, 9.17) is 0 Å². The number of rotatable bonds is 3. The van der Waals surface area contributed by atoms with Crippen molar-refractivity contribution in [2.45, 2.75) is 32.0 Å². The minimum atomic E-state index is -4.60. The lowest BCUT2D eigenvalue weighted by atomic mass is 10.2. The molecule has 0 fully saturated rings. The molecule has 120 valence electrons. The minimum absolute atomic E-state index is 0.178. The second-order valence-electron chi connectivity index (χ2n) is 4.61. The highest BCUT2D eigenvalue weighted by molar-refractivity contribution is 7.99. The highest BCUT2D eigenvalue weighted by atomic mass is 32.2. The van der Waals surface area contributed by atoms with Crippen molar-refractivity contribution in [1.29, 1.82) is 0 Å². The van der Waals surface area contributed by atoms with Gasteiger partial charge in [-0.3, -0.25) is 0 Å². The van der Waals surface area contributed by atoms with Crippen molar-refractivity contribution in [2.75, 3.05) is 5.75 Å². The Balaban J connectivity index is 0.000000224. The summed E-state index contributed by atoms with van der Waals surface area (Å²) >= 11 is 1.88. The van der Waals surface area contributed by atoms with Gasteiger partial charge in [-0.15, -0.1) is 24.9 Å². The molecule has 0 N–H and O–H groups in total. The van der Waals surface area contributed by atoms with Gasteiger partial charge in [0.15, 0.2) is 0 Å². The second kappa shape index (κ2) is 8.73. The van der Waals surface area contributed by atoms with E-state index >= 15 is 0 Å². The van der Waals surface area contributed by atoms with Crippen molar-refractivity contribution in [1.82, 2.24) is 0 Å². The molecule has 2 aromatic carbocycles. The standard InChI is InChI=1S/C9H12S.C8H7F3O/c1-3-10-9-6-4-8(2)5-7-9;1-6-3-2-4-7(5-6)12-8(9,10)11/h4-7H,3H2,1-2H3;2-5H,1H3. The van der Waals surface area contributed by atoms with E-state index < -0.39 is 6.36 Å². The molecule has 0 aliphatic rings. The summed E-state index contributed by atoms with van der Waals surface area (Å²) in [6.07, 6.45) is -4.60. The third-order valence-corrected chi connectivity index (χ3v) is 3.45. The van der Waals surface area contributed by atoms with Crippen molar-refractivity contribution in [2.24, 2.45) is 0 Å². The zero-order chi connectivity index (χ0) is 16.6. The summed E-state index contributed by atoms with van der Waals surface area (Å²) in [6, 6.07) is 14.4. The van der Waals surface area contributed by atoms with Gasteiger partial charge in [-0.05, 0) is 49.4 Å². The third-order valence-electron chi connectivity index (χ3n) is 2.56. The molecule has 0 aromatic heterocycles. The zero-order valence-corrected chi connectivity index (χ0v) is 13.6. The van der Waals surface area contributed by atoms with Crippen LogP contribution in [0.1, 0.15) is 18.1 Å². The fraction of sp³-hybridized carbons (Fsp3) is 0.294. The number of benzene rings is 2. The highest BCUT2D eigenvalue weighted by Crippen LogP contribution is 2.22. The van der Waals surface area contributed by atoms with E-state index in [1.807, 2.05) is 11.8 Å². The molecule has 0 radical (unpaired) electrons. The number of alkyl halides is 3. The molecule has 0 atom stereocenters.